The Morgan fingerprint density at radius 1 is 1.40 bits per heavy atom. The number of nitrogens with one attached hydrogen (secondary N) is 2. The van der Waals surface area contributed by atoms with E-state index in [0.717, 1.165) is 31.5 Å². The van der Waals surface area contributed by atoms with Gasteiger partial charge in [0, 0.05) is 12.6 Å². The normalized spacial score (nSPS) is 23.1. The summed E-state index contributed by atoms with van der Waals surface area (Å²) in [6.45, 7) is 8.45. The molecule has 0 spiro atoms. The van der Waals surface area contributed by atoms with Crippen molar-refractivity contribution < 1.29 is 4.79 Å². The lowest BCUT2D eigenvalue weighted by molar-refractivity contribution is -0.124. The van der Waals surface area contributed by atoms with Crippen LogP contribution >= 0.6 is 0 Å². The van der Waals surface area contributed by atoms with E-state index in [0.29, 0.717) is 0 Å². The second-order valence-corrected chi connectivity index (χ2v) is 6.39. The first-order valence-corrected chi connectivity index (χ1v) is 7.60. The minimum absolute atomic E-state index is 0.0399. The molecule has 2 rings (SSSR count). The third-order valence-corrected chi connectivity index (χ3v) is 4.38. The molecule has 1 heterocycles. The Hall–Kier alpha value is -1.35. The van der Waals surface area contributed by atoms with Crippen molar-refractivity contribution in [2.45, 2.75) is 45.6 Å². The van der Waals surface area contributed by atoms with Gasteiger partial charge in [0.05, 0.1) is 5.92 Å². The Balaban J connectivity index is 2.06. The highest BCUT2D eigenvalue weighted by Gasteiger charge is 2.34. The number of carbonyl (C=O) groups excluding carboxylic acids is 1. The van der Waals surface area contributed by atoms with Crippen LogP contribution in [0.2, 0.25) is 0 Å². The summed E-state index contributed by atoms with van der Waals surface area (Å²) in [5.74, 6) is 0.126. The molecular weight excluding hydrogens is 248 g/mol. The van der Waals surface area contributed by atoms with E-state index >= 15 is 0 Å². The molecule has 0 radical (unpaired) electrons. The molecule has 1 aliphatic rings. The van der Waals surface area contributed by atoms with Gasteiger partial charge in [-0.1, -0.05) is 51.1 Å². The second kappa shape index (κ2) is 6.40. The van der Waals surface area contributed by atoms with Crippen molar-refractivity contribution >= 4 is 5.91 Å². The lowest BCUT2D eigenvalue weighted by Gasteiger charge is -2.40. The Morgan fingerprint density at radius 3 is 2.70 bits per heavy atom. The van der Waals surface area contributed by atoms with Crippen LogP contribution in [0.3, 0.4) is 0 Å². The molecule has 1 aliphatic heterocycles. The molecule has 1 saturated heterocycles. The maximum Gasteiger partial charge on any atom is 0.227 e. The Bertz CT molecular complexity index is 442. The van der Waals surface area contributed by atoms with E-state index in [1.165, 1.54) is 0 Å². The van der Waals surface area contributed by atoms with Crippen LogP contribution in [0.1, 0.15) is 45.1 Å². The molecule has 3 heteroatoms. The van der Waals surface area contributed by atoms with E-state index in [1.54, 1.807) is 0 Å². The molecule has 3 nitrogen and oxygen atoms in total. The number of rotatable bonds is 4. The van der Waals surface area contributed by atoms with E-state index < -0.39 is 0 Å². The van der Waals surface area contributed by atoms with Gasteiger partial charge in [-0.3, -0.25) is 4.79 Å². The largest absolute Gasteiger partial charge is 0.352 e. The molecule has 2 N–H and O–H groups in total. The lowest BCUT2D eigenvalue weighted by Crippen LogP contribution is -2.55. The van der Waals surface area contributed by atoms with E-state index in [9.17, 15) is 4.79 Å². The molecule has 0 aliphatic carbocycles. The molecule has 1 aromatic rings. The average molecular weight is 274 g/mol. The molecule has 2 unspecified atom stereocenters. The van der Waals surface area contributed by atoms with Gasteiger partial charge in [0.2, 0.25) is 5.91 Å². The highest BCUT2D eigenvalue weighted by molar-refractivity contribution is 5.83. The van der Waals surface area contributed by atoms with Crippen molar-refractivity contribution in [1.82, 2.24) is 10.6 Å². The quantitative estimate of drug-likeness (QED) is 0.886. The average Bonchev–Trinajstić information content (AvgIpc) is 2.43. The highest BCUT2D eigenvalue weighted by Crippen LogP contribution is 2.27. The molecule has 2 atom stereocenters. The summed E-state index contributed by atoms with van der Waals surface area (Å²) in [7, 11) is 0. The SMILES string of the molecule is CCC(C(=O)NC1CCNCC1(C)C)c1ccccc1. The molecule has 0 aromatic heterocycles. The van der Waals surface area contributed by atoms with Crippen LogP contribution in [-0.2, 0) is 4.79 Å². The Kier molecular flexibility index (Phi) is 4.81. The van der Waals surface area contributed by atoms with Gasteiger partial charge in [-0.05, 0) is 30.4 Å². The summed E-state index contributed by atoms with van der Waals surface area (Å²) in [5, 5.41) is 6.68. The zero-order chi connectivity index (χ0) is 14.6. The summed E-state index contributed by atoms with van der Waals surface area (Å²) in [4.78, 5) is 12.6. The van der Waals surface area contributed by atoms with Gasteiger partial charge in [-0.15, -0.1) is 0 Å². The summed E-state index contributed by atoms with van der Waals surface area (Å²) in [6.07, 6.45) is 1.84. The predicted octanol–water partition coefficient (Wildman–Crippen LogP) is 2.68. The maximum absolute atomic E-state index is 12.6. The molecule has 0 bridgehead atoms. The summed E-state index contributed by atoms with van der Waals surface area (Å²) in [5.41, 5.74) is 1.22. The number of hydrogen-bond acceptors (Lipinski definition) is 2. The van der Waals surface area contributed by atoms with Gasteiger partial charge in [0.1, 0.15) is 0 Å². The zero-order valence-corrected chi connectivity index (χ0v) is 12.8. The molecule has 0 saturated carbocycles. The van der Waals surface area contributed by atoms with Crippen molar-refractivity contribution in [3.8, 4) is 0 Å². The molecular formula is C17H26N2O. The smallest absolute Gasteiger partial charge is 0.227 e. The fraction of sp³-hybridized carbons (Fsp3) is 0.588. The lowest BCUT2D eigenvalue weighted by atomic mass is 9.79. The van der Waals surface area contributed by atoms with Crippen molar-refractivity contribution in [1.29, 1.82) is 0 Å². The number of hydrogen-bond donors (Lipinski definition) is 2. The summed E-state index contributed by atoms with van der Waals surface area (Å²) in [6, 6.07) is 10.3. The topological polar surface area (TPSA) is 41.1 Å². The Morgan fingerprint density at radius 2 is 2.10 bits per heavy atom. The van der Waals surface area contributed by atoms with E-state index in [4.69, 9.17) is 0 Å². The van der Waals surface area contributed by atoms with Crippen LogP contribution in [0.25, 0.3) is 0 Å². The number of benzene rings is 1. The predicted molar refractivity (Wildman–Crippen MR) is 82.7 cm³/mol. The Labute approximate surface area is 122 Å². The van der Waals surface area contributed by atoms with E-state index in [-0.39, 0.29) is 23.3 Å². The highest BCUT2D eigenvalue weighted by atomic mass is 16.1. The standard InChI is InChI=1S/C17H26N2O/c1-4-14(13-8-6-5-7-9-13)16(20)19-15-10-11-18-12-17(15,2)3/h5-9,14-15,18H,4,10-12H2,1-3H3,(H,19,20). The van der Waals surface area contributed by atoms with Gasteiger partial charge in [0.15, 0.2) is 0 Å². The van der Waals surface area contributed by atoms with Crippen molar-refractivity contribution in [2.24, 2.45) is 5.41 Å². The first kappa shape index (κ1) is 15.0. The molecule has 1 aromatic carbocycles. The van der Waals surface area contributed by atoms with Crippen LogP contribution in [-0.4, -0.2) is 25.0 Å². The molecule has 20 heavy (non-hydrogen) atoms. The fourth-order valence-corrected chi connectivity index (χ4v) is 2.97. The third kappa shape index (κ3) is 3.40. The van der Waals surface area contributed by atoms with Crippen LogP contribution in [0.15, 0.2) is 30.3 Å². The number of piperidine rings is 1. The minimum atomic E-state index is -0.0399. The molecule has 1 amide bonds. The van der Waals surface area contributed by atoms with Crippen LogP contribution in [0.4, 0.5) is 0 Å². The first-order chi connectivity index (χ1) is 9.54. The number of amides is 1. The molecule has 110 valence electrons. The van der Waals surface area contributed by atoms with Crippen molar-refractivity contribution in [3.05, 3.63) is 35.9 Å². The van der Waals surface area contributed by atoms with Crippen LogP contribution < -0.4 is 10.6 Å². The van der Waals surface area contributed by atoms with E-state index in [1.807, 2.05) is 30.3 Å². The van der Waals surface area contributed by atoms with E-state index in [2.05, 4.69) is 31.4 Å². The third-order valence-electron chi connectivity index (χ3n) is 4.38. The van der Waals surface area contributed by atoms with Crippen molar-refractivity contribution in [3.63, 3.8) is 0 Å². The molecule has 1 fully saturated rings. The van der Waals surface area contributed by atoms with Gasteiger partial charge >= 0.3 is 0 Å². The van der Waals surface area contributed by atoms with Gasteiger partial charge < -0.3 is 10.6 Å². The first-order valence-electron chi connectivity index (χ1n) is 7.60. The van der Waals surface area contributed by atoms with Gasteiger partial charge in [-0.2, -0.15) is 0 Å². The maximum atomic E-state index is 12.6. The minimum Gasteiger partial charge on any atom is -0.352 e. The fourth-order valence-electron chi connectivity index (χ4n) is 2.97. The summed E-state index contributed by atoms with van der Waals surface area (Å²) < 4.78 is 0. The van der Waals surface area contributed by atoms with Crippen molar-refractivity contribution in [2.75, 3.05) is 13.1 Å². The van der Waals surface area contributed by atoms with Gasteiger partial charge in [0.25, 0.3) is 0 Å². The van der Waals surface area contributed by atoms with Crippen LogP contribution in [0.5, 0.6) is 0 Å². The second-order valence-electron chi connectivity index (χ2n) is 6.39. The zero-order valence-electron chi connectivity index (χ0n) is 12.8. The van der Waals surface area contributed by atoms with Crippen LogP contribution in [0, 0.1) is 5.41 Å². The monoisotopic (exact) mass is 274 g/mol. The van der Waals surface area contributed by atoms with Gasteiger partial charge in [-0.25, -0.2) is 0 Å². The number of carbonyl (C=O) groups is 1. The summed E-state index contributed by atoms with van der Waals surface area (Å²) >= 11 is 0.